The number of alkyl halides is 1. The maximum atomic E-state index is 14.5. The summed E-state index contributed by atoms with van der Waals surface area (Å²) < 4.78 is 21.7. The molecule has 1 aliphatic heterocycles. The average molecular weight is 419 g/mol. The van der Waals surface area contributed by atoms with Crippen molar-refractivity contribution < 1.29 is 13.9 Å². The molecular weight excluding hydrogens is 387 g/mol. The van der Waals surface area contributed by atoms with Gasteiger partial charge in [-0.25, -0.2) is 4.39 Å². The van der Waals surface area contributed by atoms with Gasteiger partial charge in [-0.05, 0) is 24.0 Å². The molecule has 0 N–H and O–H groups in total. The Balaban J connectivity index is 1.47. The van der Waals surface area contributed by atoms with Crippen molar-refractivity contribution in [3.63, 3.8) is 0 Å². The minimum atomic E-state index is -0.999. The number of esters is 1. The first-order chi connectivity index (χ1) is 14.1. The van der Waals surface area contributed by atoms with E-state index < -0.39 is 6.17 Å². The molecule has 1 aliphatic rings. The largest absolute Gasteiger partial charge is 0.465 e. The van der Waals surface area contributed by atoms with Crippen molar-refractivity contribution in [2.24, 2.45) is 5.92 Å². The van der Waals surface area contributed by atoms with Crippen LogP contribution in [0, 0.1) is 5.92 Å². The normalized spacial score (nSPS) is 19.1. The zero-order valence-corrected chi connectivity index (χ0v) is 18.2. The van der Waals surface area contributed by atoms with Crippen molar-refractivity contribution in [3.8, 4) is 0 Å². The number of carbonyl (C=O) groups excluding carboxylic acids is 1. The molecule has 2 heterocycles. The van der Waals surface area contributed by atoms with Gasteiger partial charge in [0.05, 0.1) is 24.8 Å². The van der Waals surface area contributed by atoms with Crippen molar-refractivity contribution in [2.75, 3.05) is 12.4 Å². The number of ether oxygens (including phenoxy) is 1. The highest BCUT2D eigenvalue weighted by Crippen LogP contribution is 2.41. The molecular formula is C23H31FN2O2S. The van der Waals surface area contributed by atoms with Crippen LogP contribution < -0.4 is 0 Å². The SMILES string of the molecule is CCCCC(CC)COC(=O)CCSc1cc2n(n1)C(c1ccccc1)CC2F. The Hall–Kier alpha value is -1.82. The Morgan fingerprint density at radius 3 is 2.86 bits per heavy atom. The molecule has 0 radical (unpaired) electrons. The van der Waals surface area contributed by atoms with Crippen molar-refractivity contribution in [1.29, 1.82) is 0 Å². The zero-order chi connectivity index (χ0) is 20.6. The van der Waals surface area contributed by atoms with Crippen LogP contribution in [0.25, 0.3) is 0 Å². The number of thioether (sulfide) groups is 1. The van der Waals surface area contributed by atoms with Gasteiger partial charge in [0.25, 0.3) is 0 Å². The van der Waals surface area contributed by atoms with E-state index >= 15 is 0 Å². The molecule has 0 amide bonds. The fourth-order valence-electron chi connectivity index (χ4n) is 3.73. The van der Waals surface area contributed by atoms with Crippen LogP contribution in [0.15, 0.2) is 41.4 Å². The molecule has 3 unspecified atom stereocenters. The molecule has 3 rings (SSSR count). The quantitative estimate of drug-likeness (QED) is 0.325. The predicted molar refractivity (Wildman–Crippen MR) is 115 cm³/mol. The Morgan fingerprint density at radius 1 is 1.34 bits per heavy atom. The Bertz CT molecular complexity index is 780. The van der Waals surface area contributed by atoms with Gasteiger partial charge in [-0.2, -0.15) is 5.10 Å². The molecule has 0 saturated carbocycles. The van der Waals surface area contributed by atoms with Crippen LogP contribution in [0.4, 0.5) is 4.39 Å². The summed E-state index contributed by atoms with van der Waals surface area (Å²) in [6.45, 7) is 4.83. The van der Waals surface area contributed by atoms with Crippen molar-refractivity contribution >= 4 is 17.7 Å². The van der Waals surface area contributed by atoms with Gasteiger partial charge in [-0.3, -0.25) is 9.48 Å². The van der Waals surface area contributed by atoms with E-state index in [1.165, 1.54) is 24.6 Å². The standard InChI is InChI=1S/C23H31FN2O2S/c1-3-5-9-17(4-2)16-28-23(27)12-13-29-22-15-21-19(24)14-20(26(21)25-22)18-10-7-6-8-11-18/h6-8,10-11,15,17,19-20H,3-5,9,12-14,16H2,1-2H3. The Morgan fingerprint density at radius 2 is 2.14 bits per heavy atom. The lowest BCUT2D eigenvalue weighted by Crippen LogP contribution is -2.14. The number of nitrogens with zero attached hydrogens (tertiary/aromatic N) is 2. The Kier molecular flexibility index (Phi) is 8.16. The maximum Gasteiger partial charge on any atom is 0.306 e. The van der Waals surface area contributed by atoms with Gasteiger partial charge in [-0.15, -0.1) is 11.8 Å². The number of fused-ring (bicyclic) bond motifs is 1. The summed E-state index contributed by atoms with van der Waals surface area (Å²) in [6, 6.07) is 11.7. The van der Waals surface area contributed by atoms with E-state index in [2.05, 4.69) is 18.9 Å². The van der Waals surface area contributed by atoms with E-state index in [1.54, 1.807) is 4.68 Å². The lowest BCUT2D eigenvalue weighted by atomic mass is 10.0. The second-order valence-electron chi connectivity index (χ2n) is 7.68. The van der Waals surface area contributed by atoms with E-state index in [0.29, 0.717) is 36.8 Å². The highest BCUT2D eigenvalue weighted by atomic mass is 32.2. The molecule has 3 atom stereocenters. The third-order valence-electron chi connectivity index (χ3n) is 5.55. The molecule has 1 aromatic heterocycles. The number of hydrogen-bond acceptors (Lipinski definition) is 4. The highest BCUT2D eigenvalue weighted by molar-refractivity contribution is 7.99. The van der Waals surface area contributed by atoms with Gasteiger partial charge in [0.1, 0.15) is 11.2 Å². The third kappa shape index (κ3) is 5.84. The van der Waals surface area contributed by atoms with E-state index in [4.69, 9.17) is 4.74 Å². The zero-order valence-electron chi connectivity index (χ0n) is 17.4. The summed E-state index contributed by atoms with van der Waals surface area (Å²) in [4.78, 5) is 12.0. The summed E-state index contributed by atoms with van der Waals surface area (Å²) in [5.74, 6) is 0.886. The van der Waals surface area contributed by atoms with Crippen molar-refractivity contribution in [3.05, 3.63) is 47.7 Å². The Labute approximate surface area is 177 Å². The fraction of sp³-hybridized carbons (Fsp3) is 0.565. The highest BCUT2D eigenvalue weighted by Gasteiger charge is 2.33. The molecule has 4 nitrogen and oxygen atoms in total. The van der Waals surface area contributed by atoms with Gasteiger partial charge in [0.2, 0.25) is 0 Å². The second-order valence-corrected chi connectivity index (χ2v) is 8.79. The fourth-order valence-corrected chi connectivity index (χ4v) is 4.56. The van der Waals surface area contributed by atoms with Crippen molar-refractivity contribution in [2.45, 2.75) is 69.6 Å². The topological polar surface area (TPSA) is 44.1 Å². The smallest absolute Gasteiger partial charge is 0.306 e. The number of unbranched alkanes of at least 4 members (excludes halogenated alkanes) is 1. The van der Waals surface area contributed by atoms with Gasteiger partial charge >= 0.3 is 5.97 Å². The lowest BCUT2D eigenvalue weighted by Gasteiger charge is -2.14. The van der Waals surface area contributed by atoms with Crippen LogP contribution in [0.1, 0.15) is 75.8 Å². The molecule has 6 heteroatoms. The van der Waals surface area contributed by atoms with Gasteiger partial charge in [0, 0.05) is 12.2 Å². The van der Waals surface area contributed by atoms with Crippen molar-refractivity contribution in [1.82, 2.24) is 9.78 Å². The van der Waals surface area contributed by atoms with E-state index in [-0.39, 0.29) is 12.0 Å². The molecule has 0 saturated heterocycles. The monoisotopic (exact) mass is 418 g/mol. The minimum Gasteiger partial charge on any atom is -0.465 e. The molecule has 0 fully saturated rings. The van der Waals surface area contributed by atoms with Crippen LogP contribution in [-0.2, 0) is 9.53 Å². The van der Waals surface area contributed by atoms with Gasteiger partial charge in [-0.1, -0.05) is 63.4 Å². The second kappa shape index (κ2) is 10.8. The van der Waals surface area contributed by atoms with Crippen LogP contribution >= 0.6 is 11.8 Å². The van der Waals surface area contributed by atoms with Crippen LogP contribution in [0.5, 0.6) is 0 Å². The molecule has 2 aromatic rings. The van der Waals surface area contributed by atoms with E-state index in [1.807, 2.05) is 36.4 Å². The minimum absolute atomic E-state index is 0.0605. The number of halogens is 1. The maximum absolute atomic E-state index is 14.5. The first kappa shape index (κ1) is 21.9. The molecule has 158 valence electrons. The van der Waals surface area contributed by atoms with Crippen LogP contribution in [0.2, 0.25) is 0 Å². The van der Waals surface area contributed by atoms with Gasteiger partial charge < -0.3 is 4.74 Å². The first-order valence-corrected chi connectivity index (χ1v) is 11.7. The van der Waals surface area contributed by atoms with Crippen LogP contribution in [0.3, 0.4) is 0 Å². The molecule has 29 heavy (non-hydrogen) atoms. The third-order valence-corrected chi connectivity index (χ3v) is 6.46. The average Bonchev–Trinajstić information content (AvgIpc) is 3.29. The summed E-state index contributed by atoms with van der Waals surface area (Å²) in [7, 11) is 0. The molecule has 0 spiro atoms. The summed E-state index contributed by atoms with van der Waals surface area (Å²) >= 11 is 1.49. The number of rotatable bonds is 11. The number of carbonyl (C=O) groups is 1. The lowest BCUT2D eigenvalue weighted by molar-refractivity contribution is -0.144. The summed E-state index contributed by atoms with van der Waals surface area (Å²) in [5, 5.41) is 5.37. The van der Waals surface area contributed by atoms with E-state index in [0.717, 1.165) is 23.4 Å². The first-order valence-electron chi connectivity index (χ1n) is 10.7. The molecule has 1 aromatic carbocycles. The predicted octanol–water partition coefficient (Wildman–Crippen LogP) is 6.13. The number of aromatic nitrogens is 2. The molecule has 0 aliphatic carbocycles. The van der Waals surface area contributed by atoms with Crippen LogP contribution in [-0.4, -0.2) is 28.1 Å². The number of benzene rings is 1. The molecule has 0 bridgehead atoms. The van der Waals surface area contributed by atoms with E-state index in [9.17, 15) is 9.18 Å². The summed E-state index contributed by atoms with van der Waals surface area (Å²) in [5.41, 5.74) is 1.70. The summed E-state index contributed by atoms with van der Waals surface area (Å²) in [6.07, 6.45) is 4.27. The van der Waals surface area contributed by atoms with Gasteiger partial charge in [0.15, 0.2) is 0 Å². The number of hydrogen-bond donors (Lipinski definition) is 0.